The van der Waals surface area contributed by atoms with Crippen molar-refractivity contribution in [2.75, 3.05) is 13.2 Å². The lowest BCUT2D eigenvalue weighted by atomic mass is 9.47. The average Bonchev–Trinajstić information content (AvgIpc) is 0.853. The second-order valence-electron chi connectivity index (χ2n) is 38.5. The number of carbonyl (C=O) groups is 8. The van der Waals surface area contributed by atoms with E-state index in [-0.39, 0.29) is 88.3 Å². The Morgan fingerprint density at radius 3 is 1.40 bits per heavy atom. The third-order valence-electron chi connectivity index (χ3n) is 26.9. The maximum absolute atomic E-state index is 12.8. The highest BCUT2D eigenvalue weighted by Crippen LogP contribution is 2.63. The fourth-order valence-corrected chi connectivity index (χ4v) is 18.1. The molecule has 7 unspecified atom stereocenters. The van der Waals surface area contributed by atoms with Crippen LogP contribution in [0.3, 0.4) is 0 Å². The monoisotopic (exact) mass is 1440 g/mol. The molecule has 13 fully saturated rings. The van der Waals surface area contributed by atoms with Crippen molar-refractivity contribution in [3.8, 4) is 0 Å². The smallest absolute Gasteiger partial charge is 0.344 e. The van der Waals surface area contributed by atoms with Crippen molar-refractivity contribution in [1.29, 1.82) is 0 Å². The van der Waals surface area contributed by atoms with Crippen molar-refractivity contribution < 1.29 is 86.5 Å². The molecule has 7 atom stereocenters. The molecule has 0 aromatic rings. The van der Waals surface area contributed by atoms with Gasteiger partial charge in [-0.2, -0.15) is 0 Å². The summed E-state index contributed by atoms with van der Waals surface area (Å²) in [6.07, 6.45) is 24.3. The summed E-state index contributed by atoms with van der Waals surface area (Å²) in [5.74, 6) is 2.73. The minimum absolute atomic E-state index is 0.0197. The van der Waals surface area contributed by atoms with E-state index < -0.39 is 62.1 Å². The molecule has 586 valence electrons. The number of carbonyl (C=O) groups excluding carboxylic acids is 8. The van der Waals surface area contributed by atoms with E-state index in [4.69, 9.17) is 37.9 Å². The fourth-order valence-electron chi connectivity index (χ4n) is 18.1. The summed E-state index contributed by atoms with van der Waals surface area (Å²) in [5, 5.41) is 21.3. The number of rotatable bonds is 25. The van der Waals surface area contributed by atoms with Gasteiger partial charge in [0.2, 0.25) is 0 Å². The van der Waals surface area contributed by atoms with Gasteiger partial charge in [0.1, 0.15) is 34.6 Å². The predicted octanol–water partition coefficient (Wildman–Crippen LogP) is 17.4. The zero-order valence-electron chi connectivity index (χ0n) is 68.0. The third kappa shape index (κ3) is 21.1. The Morgan fingerprint density at radius 2 is 0.941 bits per heavy atom. The van der Waals surface area contributed by atoms with Crippen LogP contribution in [0.4, 0.5) is 0 Å². The Hall–Kier alpha value is -4.32. The van der Waals surface area contributed by atoms with Gasteiger partial charge in [0, 0.05) is 25.2 Å². The molecule has 2 saturated heterocycles. The molecule has 0 amide bonds. The Kier molecular flexibility index (Phi) is 28.4. The third-order valence-corrected chi connectivity index (χ3v) is 26.9. The topological polar surface area (TPSA) is 251 Å². The molecule has 0 radical (unpaired) electrons. The van der Waals surface area contributed by atoms with Crippen LogP contribution in [0.25, 0.3) is 0 Å². The van der Waals surface area contributed by atoms with E-state index in [2.05, 4.69) is 27.7 Å². The van der Waals surface area contributed by atoms with Crippen molar-refractivity contribution in [2.24, 2.45) is 85.8 Å². The number of hydrogen-bond acceptors (Lipinski definition) is 18. The number of hydrogen-bond donors (Lipinski definition) is 2. The first-order valence-electron chi connectivity index (χ1n) is 40.1. The molecule has 18 heteroatoms. The predicted molar refractivity (Wildman–Crippen MR) is 393 cm³/mol. The van der Waals surface area contributed by atoms with E-state index in [0.717, 1.165) is 108 Å². The quantitative estimate of drug-likeness (QED) is 0.0489. The Morgan fingerprint density at radius 1 is 0.500 bits per heavy atom. The molecule has 11 aliphatic carbocycles. The van der Waals surface area contributed by atoms with Gasteiger partial charge in [-0.1, -0.05) is 62.3 Å². The summed E-state index contributed by atoms with van der Waals surface area (Å²) in [7, 11) is 0. The molecule has 13 aliphatic rings. The van der Waals surface area contributed by atoms with Gasteiger partial charge in [0.05, 0.1) is 56.2 Å². The maximum atomic E-state index is 12.8. The molecule has 102 heavy (non-hydrogen) atoms. The van der Waals surface area contributed by atoms with Crippen molar-refractivity contribution in [3.05, 3.63) is 0 Å². The van der Waals surface area contributed by atoms with E-state index in [1.807, 2.05) is 118 Å². The molecule has 0 aromatic heterocycles. The molecular weight excluding hydrogens is 1300 g/mol. The summed E-state index contributed by atoms with van der Waals surface area (Å²) < 4.78 is 45.1. The summed E-state index contributed by atoms with van der Waals surface area (Å²) >= 11 is 0. The molecule has 0 aromatic carbocycles. The van der Waals surface area contributed by atoms with Gasteiger partial charge in [0.25, 0.3) is 0 Å². The number of esters is 8. The first-order valence-corrected chi connectivity index (χ1v) is 40.1. The van der Waals surface area contributed by atoms with Crippen LogP contribution in [0, 0.1) is 85.8 Å². The first-order chi connectivity index (χ1) is 47.0. The minimum Gasteiger partial charge on any atom is -0.465 e. The highest BCUT2D eigenvalue weighted by molar-refractivity contribution is 5.81. The SMILES string of the molecule is CCC(C)(C)C(=O)OC1(C(C)C)C2CC3CC(C2)CC1C3.CCC(C)(C)C(=O)OC12CC3CC(O)(CC(O)(C3)C1)C2.CCC(C)(C)C(=O)OCC(=O)OC1C2CC3CC(C2)C(=O)OC1C3.CCC(C)(C)C(=O)OCCCC(C)(C)OC(=O)C(C)(C)CC.CCC1(OC(=O)C(C)(C)CC)CCCC1. The highest BCUT2D eigenvalue weighted by Gasteiger charge is 2.66. The van der Waals surface area contributed by atoms with E-state index in [1.165, 1.54) is 44.9 Å². The van der Waals surface area contributed by atoms with Crippen LogP contribution in [-0.4, -0.2) is 117 Å². The molecule has 2 N–H and O–H groups in total. The van der Waals surface area contributed by atoms with E-state index in [0.29, 0.717) is 68.8 Å². The standard InChI is InChI=1S/C19H32O2.C18H26O6.C18H34O4.C16H26O4.C13H24O2/c1-6-18(4,5)17(20)21-19(12(2)3)15-8-13-7-14(10-15)11-16(19)9-13;1-4-18(2,3)17(21)22-9-14(19)24-15-11-5-10-6-12(8-11)16(20)23-13(15)7-10;1-9-16(3,4)14(19)21-13-11-12-18(7,8)22-15(20)17(5,6)10-2;1-4-13(2,3)12(17)20-16-7-11-5-14(18,9-16)8-15(19,6-11)10-16;1-5-12(3,4)11(14)15-13(6-2)9-7-8-10-13/h12-16H,6-11H2,1-5H3;10-13,15H,4-9H2,1-3H3;9-13H2,1-8H3;11,18-19H,4-10H2,1-3H3;5-10H2,1-4H3. The summed E-state index contributed by atoms with van der Waals surface area (Å²) in [6.45, 7) is 45.2. The molecule has 18 nitrogen and oxygen atoms in total. The van der Waals surface area contributed by atoms with Gasteiger partial charge < -0.3 is 48.1 Å². The second-order valence-corrected chi connectivity index (χ2v) is 38.5. The summed E-state index contributed by atoms with van der Waals surface area (Å²) in [5.41, 5.74) is -5.88. The first kappa shape index (κ1) is 86.6. The Labute approximate surface area is 615 Å². The zero-order valence-corrected chi connectivity index (χ0v) is 68.0. The lowest BCUT2D eigenvalue weighted by Gasteiger charge is -2.62. The lowest BCUT2D eigenvalue weighted by Crippen LogP contribution is -2.67. The van der Waals surface area contributed by atoms with Crippen molar-refractivity contribution in [2.45, 2.75) is 385 Å². The number of fused-ring (bicyclic) bond motifs is 1. The highest BCUT2D eigenvalue weighted by atomic mass is 16.6. The van der Waals surface area contributed by atoms with Crippen LogP contribution in [0.15, 0.2) is 0 Å². The molecule has 13 rings (SSSR count). The normalized spacial score (nSPS) is 31.6. The van der Waals surface area contributed by atoms with Crippen LogP contribution >= 0.6 is 0 Å². The minimum atomic E-state index is -0.842. The molecule has 0 spiro atoms. The summed E-state index contributed by atoms with van der Waals surface area (Å²) in [6, 6.07) is 0. The fraction of sp³-hybridized carbons (Fsp3) is 0.905. The largest absolute Gasteiger partial charge is 0.465 e. The lowest BCUT2D eigenvalue weighted by molar-refractivity contribution is -0.264. The average molecular weight is 1440 g/mol. The van der Waals surface area contributed by atoms with Crippen LogP contribution in [0.2, 0.25) is 0 Å². The molecule has 12 bridgehead atoms. The van der Waals surface area contributed by atoms with Crippen molar-refractivity contribution >= 4 is 47.8 Å². The van der Waals surface area contributed by atoms with E-state index in [1.54, 1.807) is 13.8 Å². The van der Waals surface area contributed by atoms with Crippen LogP contribution in [-0.2, 0) is 76.3 Å². The Balaban J connectivity index is 0.000000202. The van der Waals surface area contributed by atoms with Crippen LogP contribution in [0.5, 0.6) is 0 Å². The van der Waals surface area contributed by atoms with Gasteiger partial charge in [-0.15, -0.1) is 0 Å². The molecular formula is C84H142O18. The maximum Gasteiger partial charge on any atom is 0.344 e. The Bertz CT molecular complexity index is 2840. The van der Waals surface area contributed by atoms with Gasteiger partial charge in [0.15, 0.2) is 6.61 Å². The van der Waals surface area contributed by atoms with Crippen LogP contribution in [0.1, 0.15) is 339 Å². The van der Waals surface area contributed by atoms with E-state index >= 15 is 0 Å². The van der Waals surface area contributed by atoms with Gasteiger partial charge in [-0.25, -0.2) is 4.79 Å². The zero-order chi connectivity index (χ0) is 76.8. The number of aliphatic hydroxyl groups is 2. The van der Waals surface area contributed by atoms with Crippen LogP contribution < -0.4 is 0 Å². The van der Waals surface area contributed by atoms with Crippen molar-refractivity contribution in [1.82, 2.24) is 0 Å². The molecule has 2 heterocycles. The molecule has 2 aliphatic heterocycles. The van der Waals surface area contributed by atoms with Gasteiger partial charge in [-0.05, 0) is 299 Å². The molecule has 11 saturated carbocycles. The summed E-state index contributed by atoms with van der Waals surface area (Å²) in [4.78, 5) is 97.2. The van der Waals surface area contributed by atoms with E-state index in [9.17, 15) is 48.6 Å². The van der Waals surface area contributed by atoms with Gasteiger partial charge in [-0.3, -0.25) is 33.6 Å². The second kappa shape index (κ2) is 33.4. The van der Waals surface area contributed by atoms with Gasteiger partial charge >= 0.3 is 47.8 Å². The van der Waals surface area contributed by atoms with Crippen molar-refractivity contribution in [3.63, 3.8) is 0 Å². The number of ether oxygens (including phenoxy) is 8.